The molecule has 10 rings (SSSR count). The van der Waals surface area contributed by atoms with Crippen LogP contribution in [0.15, 0.2) is 55.4 Å². The Balaban J connectivity index is 0.000000150. The minimum absolute atomic E-state index is 0.156. The van der Waals surface area contributed by atoms with E-state index in [0.29, 0.717) is 56.7 Å². The highest BCUT2D eigenvalue weighted by atomic mass is 19.1. The molecule has 6 aromatic rings. The zero-order chi connectivity index (χ0) is 39.9. The van der Waals surface area contributed by atoms with Crippen LogP contribution in [0, 0.1) is 35.3 Å². The first-order valence-corrected chi connectivity index (χ1v) is 21.1. The number of hydrogen-bond acceptors (Lipinski definition) is 8. The number of nitrogens with zero attached hydrogens (tertiary/aromatic N) is 8. The smallest absolute Gasteiger partial charge is 0.171 e. The molecular formula is C46H52F2N8O2. The van der Waals surface area contributed by atoms with E-state index in [1.165, 1.54) is 49.0 Å². The summed E-state index contributed by atoms with van der Waals surface area (Å²) in [7, 11) is 0. The molecule has 4 aromatic heterocycles. The second kappa shape index (κ2) is 16.2. The van der Waals surface area contributed by atoms with Crippen molar-refractivity contribution >= 4 is 16.9 Å². The SMILES string of the molecule is CC1C=C(c2cnc(CCc3c(F)ccc4c3CCO4)n3cnnc23)CC(C)C1.CC1CC(C)CC(c2cnc(CCc3c(F)ccc4c3CCO4)n3cnnc23)C1. The molecule has 58 heavy (non-hydrogen) atoms. The van der Waals surface area contributed by atoms with Crippen LogP contribution >= 0.6 is 0 Å². The highest BCUT2D eigenvalue weighted by Gasteiger charge is 2.29. The minimum Gasteiger partial charge on any atom is -0.493 e. The van der Waals surface area contributed by atoms with Crippen LogP contribution < -0.4 is 9.47 Å². The number of aromatic nitrogens is 8. The van der Waals surface area contributed by atoms with E-state index in [9.17, 15) is 8.78 Å². The molecule has 302 valence electrons. The van der Waals surface area contributed by atoms with Crippen molar-refractivity contribution in [2.75, 3.05) is 13.2 Å². The summed E-state index contributed by atoms with van der Waals surface area (Å²) in [5, 5.41) is 17.1. The van der Waals surface area contributed by atoms with E-state index < -0.39 is 0 Å². The van der Waals surface area contributed by atoms with E-state index in [1.807, 2.05) is 21.2 Å². The molecule has 1 fully saturated rings. The summed E-state index contributed by atoms with van der Waals surface area (Å²) < 4.78 is 44.1. The standard InChI is InChI=1S/C23H27FN4O.C23H25FN4O/c2*1-14-9-15(2)11-16(10-14)19-12-25-22(28-13-26-27-23(19)28)6-3-17-18-7-8-29-21(18)5-4-20(17)24/h4-5,12-16H,3,6-11H2,1-2H3;4-5,10,12-15H,3,6-9,11H2,1-2H3. The normalized spacial score (nSPS) is 22.5. The fraction of sp³-hybridized carbons (Fsp3) is 0.478. The number of ether oxygens (including phenoxy) is 2. The first kappa shape index (κ1) is 38.3. The monoisotopic (exact) mass is 786 g/mol. The van der Waals surface area contributed by atoms with Gasteiger partial charge in [0.05, 0.1) is 13.2 Å². The summed E-state index contributed by atoms with van der Waals surface area (Å²) in [6.07, 6.45) is 19.6. The van der Waals surface area contributed by atoms with Crippen molar-refractivity contribution in [1.82, 2.24) is 39.2 Å². The minimum atomic E-state index is -0.166. The van der Waals surface area contributed by atoms with Gasteiger partial charge in [0.15, 0.2) is 11.3 Å². The number of benzene rings is 2. The molecule has 2 aliphatic carbocycles. The molecule has 0 spiro atoms. The summed E-state index contributed by atoms with van der Waals surface area (Å²) in [5.74, 6) is 6.16. The molecule has 2 aromatic carbocycles. The fourth-order valence-corrected chi connectivity index (χ4v) is 10.3. The van der Waals surface area contributed by atoms with E-state index in [4.69, 9.17) is 19.4 Å². The van der Waals surface area contributed by atoms with Gasteiger partial charge in [-0.2, -0.15) is 0 Å². The first-order chi connectivity index (χ1) is 28.2. The van der Waals surface area contributed by atoms with E-state index >= 15 is 0 Å². The van der Waals surface area contributed by atoms with Gasteiger partial charge in [0.2, 0.25) is 0 Å². The number of halogens is 2. The summed E-state index contributed by atoms with van der Waals surface area (Å²) in [6.45, 7) is 10.5. The summed E-state index contributed by atoms with van der Waals surface area (Å²) in [4.78, 5) is 9.50. The third kappa shape index (κ3) is 7.57. The van der Waals surface area contributed by atoms with E-state index in [0.717, 1.165) is 93.4 Å². The van der Waals surface area contributed by atoms with Gasteiger partial charge in [-0.3, -0.25) is 8.80 Å². The van der Waals surface area contributed by atoms with Gasteiger partial charge in [0.1, 0.15) is 47.4 Å². The van der Waals surface area contributed by atoms with Crippen LogP contribution in [0.2, 0.25) is 0 Å². The number of hydrogen-bond donors (Lipinski definition) is 0. The van der Waals surface area contributed by atoms with Gasteiger partial charge < -0.3 is 9.47 Å². The molecule has 12 heteroatoms. The number of fused-ring (bicyclic) bond motifs is 4. The maximum atomic E-state index is 14.5. The lowest BCUT2D eigenvalue weighted by Crippen LogP contribution is -2.19. The van der Waals surface area contributed by atoms with Gasteiger partial charge in [-0.15, -0.1) is 20.4 Å². The van der Waals surface area contributed by atoms with Crippen LogP contribution in [0.3, 0.4) is 0 Å². The third-order valence-electron chi connectivity index (χ3n) is 12.7. The van der Waals surface area contributed by atoms with Gasteiger partial charge in [-0.1, -0.05) is 33.8 Å². The zero-order valence-corrected chi connectivity index (χ0v) is 33.9. The Morgan fingerprint density at radius 1 is 0.655 bits per heavy atom. The quantitative estimate of drug-likeness (QED) is 0.151. The van der Waals surface area contributed by atoms with Crippen LogP contribution in [0.25, 0.3) is 16.9 Å². The van der Waals surface area contributed by atoms with Crippen LogP contribution in [0.5, 0.6) is 11.5 Å². The van der Waals surface area contributed by atoms with Gasteiger partial charge in [0.25, 0.3) is 0 Å². The Labute approximate surface area is 338 Å². The molecule has 6 heterocycles. The molecule has 0 bridgehead atoms. The second-order valence-corrected chi connectivity index (χ2v) is 17.3. The van der Waals surface area contributed by atoms with Crippen LogP contribution in [-0.4, -0.2) is 52.4 Å². The van der Waals surface area contributed by atoms with E-state index in [2.05, 4.69) is 54.2 Å². The van der Waals surface area contributed by atoms with Crippen LogP contribution in [0.4, 0.5) is 8.78 Å². The molecule has 10 nitrogen and oxygen atoms in total. The average molecular weight is 787 g/mol. The van der Waals surface area contributed by atoms with Gasteiger partial charge in [0, 0.05) is 60.3 Å². The van der Waals surface area contributed by atoms with Crippen molar-refractivity contribution < 1.29 is 18.3 Å². The predicted octanol–water partition coefficient (Wildman–Crippen LogP) is 8.96. The van der Waals surface area contributed by atoms with Gasteiger partial charge in [-0.25, -0.2) is 18.7 Å². The topological polar surface area (TPSA) is 105 Å². The van der Waals surface area contributed by atoms with Gasteiger partial charge in [-0.05, 0) is 116 Å². The van der Waals surface area contributed by atoms with Crippen molar-refractivity contribution in [3.63, 3.8) is 0 Å². The van der Waals surface area contributed by atoms with Crippen LogP contribution in [0.1, 0.15) is 111 Å². The molecule has 0 amide bonds. The predicted molar refractivity (Wildman–Crippen MR) is 218 cm³/mol. The molecular weight excluding hydrogens is 735 g/mol. The molecule has 4 aliphatic rings. The van der Waals surface area contributed by atoms with Crippen LogP contribution in [-0.2, 0) is 38.5 Å². The van der Waals surface area contributed by atoms with Gasteiger partial charge >= 0.3 is 0 Å². The number of aryl methyl sites for hydroxylation is 2. The first-order valence-electron chi connectivity index (χ1n) is 21.1. The Hall–Kier alpha value is -5.26. The summed E-state index contributed by atoms with van der Waals surface area (Å²) >= 11 is 0. The Morgan fingerprint density at radius 2 is 1.22 bits per heavy atom. The lowest BCUT2D eigenvalue weighted by atomic mass is 9.74. The van der Waals surface area contributed by atoms with Crippen molar-refractivity contribution in [2.24, 2.45) is 23.7 Å². The summed E-state index contributed by atoms with van der Waals surface area (Å²) in [6, 6.07) is 6.47. The zero-order valence-electron chi connectivity index (χ0n) is 33.9. The Bertz CT molecular complexity index is 2480. The highest BCUT2D eigenvalue weighted by Crippen LogP contribution is 2.40. The molecule has 1 saturated carbocycles. The van der Waals surface area contributed by atoms with E-state index in [1.54, 1.807) is 24.8 Å². The van der Waals surface area contributed by atoms with Crippen molar-refractivity contribution in [3.05, 3.63) is 112 Å². The Morgan fingerprint density at radius 3 is 1.83 bits per heavy atom. The summed E-state index contributed by atoms with van der Waals surface area (Å²) in [5.41, 5.74) is 8.80. The second-order valence-electron chi connectivity index (χ2n) is 17.3. The lowest BCUT2D eigenvalue weighted by molar-refractivity contribution is 0.268. The molecule has 4 unspecified atom stereocenters. The van der Waals surface area contributed by atoms with Crippen molar-refractivity contribution in [2.45, 2.75) is 104 Å². The third-order valence-corrected chi connectivity index (χ3v) is 12.7. The largest absolute Gasteiger partial charge is 0.493 e. The maximum absolute atomic E-state index is 14.5. The van der Waals surface area contributed by atoms with E-state index in [-0.39, 0.29) is 11.6 Å². The molecule has 0 radical (unpaired) electrons. The maximum Gasteiger partial charge on any atom is 0.171 e. The Kier molecular flexibility index (Phi) is 10.7. The molecule has 2 aliphatic heterocycles. The fourth-order valence-electron chi connectivity index (χ4n) is 10.3. The number of rotatable bonds is 8. The number of allylic oxidation sites excluding steroid dienone is 2. The van der Waals surface area contributed by atoms with Crippen molar-refractivity contribution in [3.8, 4) is 11.5 Å². The average Bonchev–Trinajstić information content (AvgIpc) is 4.04. The molecule has 0 N–H and O–H groups in total. The van der Waals surface area contributed by atoms with Crippen molar-refractivity contribution in [1.29, 1.82) is 0 Å². The highest BCUT2D eigenvalue weighted by molar-refractivity contribution is 5.76. The lowest BCUT2D eigenvalue weighted by Gasteiger charge is -2.31. The molecule has 4 atom stereocenters. The molecule has 0 saturated heterocycles.